The maximum absolute atomic E-state index is 12.1. The monoisotopic (exact) mass is 247 g/mol. The van der Waals surface area contributed by atoms with Crippen molar-refractivity contribution in [1.82, 2.24) is 0 Å². The molecule has 0 unspecified atom stereocenters. The topological polar surface area (TPSA) is 66.7 Å². The third kappa shape index (κ3) is 2.21. The minimum absolute atomic E-state index is 0.243. The highest BCUT2D eigenvalue weighted by molar-refractivity contribution is 7.94. The molecule has 1 rings (SSSR count). The minimum atomic E-state index is -3.37. The molecule has 4 nitrogen and oxygen atoms in total. The molecule has 0 fully saturated rings. The Balaban J connectivity index is 3.35. The van der Waals surface area contributed by atoms with Crippen LogP contribution in [0.5, 0.6) is 0 Å². The molecule has 0 spiro atoms. The molecule has 0 atom stereocenters. The lowest BCUT2D eigenvalue weighted by molar-refractivity contribution is 0.322. The van der Waals surface area contributed by atoms with Crippen LogP contribution in [0.1, 0.15) is 26.3 Å². The first-order valence-electron chi connectivity index (χ1n) is 4.30. The fourth-order valence-electron chi connectivity index (χ4n) is 0.960. The van der Waals surface area contributed by atoms with Crippen LogP contribution in [0.4, 0.5) is 0 Å². The zero-order valence-electron chi connectivity index (χ0n) is 8.76. The van der Waals surface area contributed by atoms with E-state index in [1.807, 2.05) is 0 Å². The quantitative estimate of drug-likeness (QED) is 0.494. The van der Waals surface area contributed by atoms with Crippen LogP contribution in [-0.4, -0.2) is 24.6 Å². The van der Waals surface area contributed by atoms with Crippen LogP contribution >= 0.6 is 11.3 Å². The lowest BCUT2D eigenvalue weighted by atomic mass is 10.3. The smallest absolute Gasteiger partial charge is 0.193 e. The Morgan fingerprint density at radius 2 is 2.07 bits per heavy atom. The molecule has 0 amide bonds. The van der Waals surface area contributed by atoms with E-state index in [0.29, 0.717) is 5.56 Å². The molecule has 84 valence electrons. The predicted molar refractivity (Wildman–Crippen MR) is 60.6 cm³/mol. The lowest BCUT2D eigenvalue weighted by Crippen LogP contribution is -2.27. The van der Waals surface area contributed by atoms with Crippen molar-refractivity contribution in [1.29, 1.82) is 0 Å². The third-order valence-electron chi connectivity index (χ3n) is 1.91. The SMILES string of the molecule is CC(C)(C)S(=O)(=O)c1sccc1/C=N\O. The summed E-state index contributed by atoms with van der Waals surface area (Å²) in [6.07, 6.45) is 1.13. The van der Waals surface area contributed by atoms with E-state index >= 15 is 0 Å². The Hall–Kier alpha value is -0.880. The number of thiophene rings is 1. The van der Waals surface area contributed by atoms with Crippen LogP contribution in [0.2, 0.25) is 0 Å². The van der Waals surface area contributed by atoms with E-state index in [1.165, 1.54) is 0 Å². The van der Waals surface area contributed by atoms with Crippen molar-refractivity contribution in [2.24, 2.45) is 5.16 Å². The third-order valence-corrected chi connectivity index (χ3v) is 5.91. The van der Waals surface area contributed by atoms with E-state index in [-0.39, 0.29) is 4.21 Å². The average molecular weight is 247 g/mol. The van der Waals surface area contributed by atoms with E-state index < -0.39 is 14.6 Å². The van der Waals surface area contributed by atoms with Crippen LogP contribution in [0, 0.1) is 0 Å². The molecule has 0 aliphatic carbocycles. The summed E-state index contributed by atoms with van der Waals surface area (Å²) in [5.74, 6) is 0. The van der Waals surface area contributed by atoms with Gasteiger partial charge in [0.05, 0.1) is 11.0 Å². The molecule has 1 aromatic rings. The highest BCUT2D eigenvalue weighted by Crippen LogP contribution is 2.30. The molecule has 0 bridgehead atoms. The summed E-state index contributed by atoms with van der Waals surface area (Å²) in [7, 11) is -3.37. The van der Waals surface area contributed by atoms with Crippen molar-refractivity contribution in [3.63, 3.8) is 0 Å². The van der Waals surface area contributed by atoms with Gasteiger partial charge in [0.15, 0.2) is 9.84 Å². The lowest BCUT2D eigenvalue weighted by Gasteiger charge is -2.18. The van der Waals surface area contributed by atoms with Gasteiger partial charge in [-0.05, 0) is 32.2 Å². The second-order valence-electron chi connectivity index (χ2n) is 4.02. The first kappa shape index (κ1) is 12.2. The minimum Gasteiger partial charge on any atom is -0.411 e. The Bertz CT molecular complexity index is 466. The van der Waals surface area contributed by atoms with E-state index in [2.05, 4.69) is 5.16 Å². The molecule has 0 saturated carbocycles. The zero-order chi connectivity index (χ0) is 11.7. The molecule has 0 aliphatic rings. The maximum atomic E-state index is 12.1. The molecular formula is C9H13NO3S2. The van der Waals surface area contributed by atoms with Gasteiger partial charge in [0.2, 0.25) is 0 Å². The first-order chi connectivity index (χ1) is 6.80. The molecular weight excluding hydrogens is 234 g/mol. The van der Waals surface area contributed by atoms with Gasteiger partial charge in [-0.3, -0.25) is 0 Å². The van der Waals surface area contributed by atoms with Crippen molar-refractivity contribution in [2.75, 3.05) is 0 Å². The highest BCUT2D eigenvalue weighted by Gasteiger charge is 2.33. The summed E-state index contributed by atoms with van der Waals surface area (Å²) in [4.78, 5) is 0. The molecule has 6 heteroatoms. The van der Waals surface area contributed by atoms with Crippen LogP contribution < -0.4 is 0 Å². The van der Waals surface area contributed by atoms with Gasteiger partial charge in [-0.15, -0.1) is 11.3 Å². The van der Waals surface area contributed by atoms with Gasteiger partial charge in [-0.1, -0.05) is 5.16 Å². The number of hydrogen-bond acceptors (Lipinski definition) is 5. The predicted octanol–water partition coefficient (Wildman–Crippen LogP) is 2.13. The summed E-state index contributed by atoms with van der Waals surface area (Å²) in [5.41, 5.74) is 0.428. The van der Waals surface area contributed by atoms with Crippen molar-refractivity contribution in [3.05, 3.63) is 17.0 Å². The van der Waals surface area contributed by atoms with E-state index in [9.17, 15) is 8.42 Å². The average Bonchev–Trinajstić information content (AvgIpc) is 2.51. The summed E-state index contributed by atoms with van der Waals surface area (Å²) in [6, 6.07) is 1.61. The van der Waals surface area contributed by atoms with Gasteiger partial charge in [0.25, 0.3) is 0 Å². The Morgan fingerprint density at radius 1 is 1.47 bits per heavy atom. The molecule has 1 heterocycles. The van der Waals surface area contributed by atoms with E-state index in [1.54, 1.807) is 32.2 Å². The molecule has 1 N–H and O–H groups in total. The number of hydrogen-bond donors (Lipinski definition) is 1. The first-order valence-corrected chi connectivity index (χ1v) is 6.66. The fraction of sp³-hybridized carbons (Fsp3) is 0.444. The Morgan fingerprint density at radius 3 is 2.53 bits per heavy atom. The van der Waals surface area contributed by atoms with Crippen LogP contribution in [0.25, 0.3) is 0 Å². The molecule has 15 heavy (non-hydrogen) atoms. The van der Waals surface area contributed by atoms with Gasteiger partial charge in [0.1, 0.15) is 4.21 Å². The van der Waals surface area contributed by atoms with Gasteiger partial charge in [-0.2, -0.15) is 0 Å². The molecule has 0 radical (unpaired) electrons. The Labute approximate surface area is 93.2 Å². The van der Waals surface area contributed by atoms with E-state index in [0.717, 1.165) is 17.6 Å². The highest BCUT2D eigenvalue weighted by atomic mass is 32.2. The van der Waals surface area contributed by atoms with Crippen molar-refractivity contribution in [3.8, 4) is 0 Å². The molecule has 0 saturated heterocycles. The van der Waals surface area contributed by atoms with Crippen molar-refractivity contribution in [2.45, 2.75) is 29.7 Å². The van der Waals surface area contributed by atoms with Gasteiger partial charge in [0, 0.05) is 5.56 Å². The Kier molecular flexibility index (Phi) is 3.20. The fourth-order valence-corrected chi connectivity index (χ4v) is 3.97. The van der Waals surface area contributed by atoms with E-state index in [4.69, 9.17) is 5.21 Å². The van der Waals surface area contributed by atoms with Crippen LogP contribution in [-0.2, 0) is 9.84 Å². The van der Waals surface area contributed by atoms with Gasteiger partial charge in [-0.25, -0.2) is 8.42 Å². The second kappa shape index (κ2) is 3.94. The van der Waals surface area contributed by atoms with Gasteiger partial charge >= 0.3 is 0 Å². The summed E-state index contributed by atoms with van der Waals surface area (Å²) in [6.45, 7) is 4.92. The summed E-state index contributed by atoms with van der Waals surface area (Å²) < 4.78 is 23.5. The van der Waals surface area contributed by atoms with Crippen molar-refractivity contribution >= 4 is 27.4 Å². The van der Waals surface area contributed by atoms with Crippen LogP contribution in [0.15, 0.2) is 20.8 Å². The van der Waals surface area contributed by atoms with Gasteiger partial charge < -0.3 is 5.21 Å². The maximum Gasteiger partial charge on any atom is 0.193 e. The summed E-state index contributed by atoms with van der Waals surface area (Å²) in [5, 5.41) is 12.9. The molecule has 1 aromatic heterocycles. The normalized spacial score (nSPS) is 13.5. The number of sulfone groups is 1. The largest absolute Gasteiger partial charge is 0.411 e. The number of nitrogens with zero attached hydrogens (tertiary/aromatic N) is 1. The second-order valence-corrected chi connectivity index (χ2v) is 7.84. The summed E-state index contributed by atoms with van der Waals surface area (Å²) >= 11 is 1.13. The molecule has 0 aromatic carbocycles. The zero-order valence-corrected chi connectivity index (χ0v) is 10.4. The molecule has 0 aliphatic heterocycles. The standard InChI is InChI=1S/C9H13NO3S2/c1-9(2,3)15(12,13)8-7(6-10-11)4-5-14-8/h4-6,11H,1-3H3/b10-6-. The number of rotatable bonds is 2. The van der Waals surface area contributed by atoms with Crippen molar-refractivity contribution < 1.29 is 13.6 Å². The van der Waals surface area contributed by atoms with Crippen LogP contribution in [0.3, 0.4) is 0 Å². The number of oxime groups is 1.